The Balaban J connectivity index is 1.96. The number of aromatic nitrogens is 1. The van der Waals surface area contributed by atoms with Gasteiger partial charge in [0.2, 0.25) is 0 Å². The van der Waals surface area contributed by atoms with Crippen LogP contribution in [-0.4, -0.2) is 24.2 Å². The van der Waals surface area contributed by atoms with E-state index in [-0.39, 0.29) is 6.42 Å². The van der Waals surface area contributed by atoms with Crippen molar-refractivity contribution in [3.05, 3.63) is 15.6 Å². The minimum atomic E-state index is -4.09. The van der Waals surface area contributed by atoms with Crippen molar-refractivity contribution in [3.63, 3.8) is 0 Å². The van der Waals surface area contributed by atoms with Gasteiger partial charge in [-0.05, 0) is 31.7 Å². The van der Waals surface area contributed by atoms with Gasteiger partial charge in [-0.1, -0.05) is 13.8 Å². The number of rotatable bonds is 6. The molecule has 0 radical (unpaired) electrons. The van der Waals surface area contributed by atoms with Gasteiger partial charge in [-0.15, -0.1) is 11.3 Å². The lowest BCUT2D eigenvalue weighted by Crippen LogP contribution is -2.27. The first-order valence-corrected chi connectivity index (χ1v) is 8.42. The van der Waals surface area contributed by atoms with Gasteiger partial charge in [-0.25, -0.2) is 4.98 Å². The molecule has 1 N–H and O–H groups in total. The maximum absolute atomic E-state index is 12.3. The summed E-state index contributed by atoms with van der Waals surface area (Å²) in [6.45, 7) is 6.18. The van der Waals surface area contributed by atoms with Crippen molar-refractivity contribution in [2.75, 3.05) is 13.1 Å². The maximum Gasteiger partial charge on any atom is 0.389 e. The molecule has 0 fully saturated rings. The van der Waals surface area contributed by atoms with Gasteiger partial charge in [0.1, 0.15) is 0 Å². The lowest BCUT2D eigenvalue weighted by Gasteiger charge is -2.22. The molecular formula is C15H23F3N2S. The van der Waals surface area contributed by atoms with E-state index in [1.165, 1.54) is 16.2 Å². The highest BCUT2D eigenvalue weighted by molar-refractivity contribution is 7.11. The van der Waals surface area contributed by atoms with Crippen molar-refractivity contribution < 1.29 is 13.2 Å². The fourth-order valence-corrected chi connectivity index (χ4v) is 3.85. The smallest absolute Gasteiger partial charge is 0.316 e. The zero-order chi connectivity index (χ0) is 15.5. The molecule has 1 heterocycles. The Morgan fingerprint density at radius 2 is 2.14 bits per heavy atom. The Bertz CT molecular complexity index is 454. The predicted molar refractivity (Wildman–Crippen MR) is 79.9 cm³/mol. The summed E-state index contributed by atoms with van der Waals surface area (Å²) in [7, 11) is 0. The molecule has 0 amide bonds. The van der Waals surface area contributed by atoms with Gasteiger partial charge in [-0.2, -0.15) is 13.2 Å². The van der Waals surface area contributed by atoms with Crippen LogP contribution in [0.15, 0.2) is 0 Å². The van der Waals surface area contributed by atoms with Gasteiger partial charge in [0.25, 0.3) is 0 Å². The quantitative estimate of drug-likeness (QED) is 0.845. The SMILES string of the molecule is CC(C)CNCC1CCCc2sc(CCC(F)(F)F)nc21. The Morgan fingerprint density at radius 3 is 2.81 bits per heavy atom. The highest BCUT2D eigenvalue weighted by Crippen LogP contribution is 2.35. The third kappa shape index (κ3) is 5.25. The summed E-state index contributed by atoms with van der Waals surface area (Å²) < 4.78 is 36.9. The molecule has 21 heavy (non-hydrogen) atoms. The molecule has 0 saturated carbocycles. The molecule has 1 aliphatic carbocycles. The zero-order valence-corrected chi connectivity index (χ0v) is 13.4. The van der Waals surface area contributed by atoms with Crippen LogP contribution in [0.5, 0.6) is 0 Å². The topological polar surface area (TPSA) is 24.9 Å². The van der Waals surface area contributed by atoms with Crippen LogP contribution in [0.1, 0.15) is 54.6 Å². The second kappa shape index (κ2) is 7.09. The average Bonchev–Trinajstić information content (AvgIpc) is 2.79. The molecule has 2 rings (SSSR count). The van der Waals surface area contributed by atoms with Crippen molar-refractivity contribution in [2.45, 2.75) is 58.0 Å². The van der Waals surface area contributed by atoms with Crippen LogP contribution >= 0.6 is 11.3 Å². The molecule has 2 nitrogen and oxygen atoms in total. The van der Waals surface area contributed by atoms with Crippen molar-refractivity contribution >= 4 is 11.3 Å². The molecular weight excluding hydrogens is 297 g/mol. The molecule has 1 aromatic rings. The summed E-state index contributed by atoms with van der Waals surface area (Å²) in [5, 5.41) is 4.09. The number of nitrogens with one attached hydrogen (secondary N) is 1. The standard InChI is InChI=1S/C15H23F3N2S/c1-10(2)8-19-9-11-4-3-5-12-14(11)20-13(21-12)6-7-15(16,17)18/h10-11,19H,3-9H2,1-2H3. The fourth-order valence-electron chi connectivity index (χ4n) is 2.66. The number of aryl methyl sites for hydroxylation is 2. The zero-order valence-electron chi connectivity index (χ0n) is 12.6. The number of alkyl halides is 3. The van der Waals surface area contributed by atoms with E-state index in [1.807, 2.05) is 0 Å². The number of nitrogens with zero attached hydrogens (tertiary/aromatic N) is 1. The van der Waals surface area contributed by atoms with Crippen LogP contribution in [-0.2, 0) is 12.8 Å². The molecule has 0 spiro atoms. The predicted octanol–water partition coefficient (Wildman–Crippen LogP) is 4.30. The Hall–Kier alpha value is -0.620. The fraction of sp³-hybridized carbons (Fsp3) is 0.800. The highest BCUT2D eigenvalue weighted by Gasteiger charge is 2.29. The summed E-state index contributed by atoms with van der Waals surface area (Å²) in [4.78, 5) is 5.72. The van der Waals surface area contributed by atoms with Crippen molar-refractivity contribution in [3.8, 4) is 0 Å². The van der Waals surface area contributed by atoms with E-state index in [2.05, 4.69) is 24.1 Å². The van der Waals surface area contributed by atoms with Crippen LogP contribution in [0.4, 0.5) is 13.2 Å². The minimum absolute atomic E-state index is 0.0211. The monoisotopic (exact) mass is 320 g/mol. The summed E-state index contributed by atoms with van der Waals surface area (Å²) in [6.07, 6.45) is -1.67. The van der Waals surface area contributed by atoms with Crippen molar-refractivity contribution in [1.29, 1.82) is 0 Å². The Kier molecular flexibility index (Phi) is 5.66. The van der Waals surface area contributed by atoms with E-state index in [0.717, 1.165) is 38.0 Å². The molecule has 1 aromatic heterocycles. The first-order valence-electron chi connectivity index (χ1n) is 7.61. The van der Waals surface area contributed by atoms with Gasteiger partial charge in [0, 0.05) is 30.2 Å². The molecule has 6 heteroatoms. The molecule has 0 aliphatic heterocycles. The van der Waals surface area contributed by atoms with Crippen LogP contribution < -0.4 is 5.32 Å². The van der Waals surface area contributed by atoms with E-state index in [4.69, 9.17) is 0 Å². The van der Waals surface area contributed by atoms with Crippen LogP contribution in [0.2, 0.25) is 0 Å². The van der Waals surface area contributed by atoms with E-state index in [1.54, 1.807) is 0 Å². The molecule has 0 saturated heterocycles. The van der Waals surface area contributed by atoms with E-state index >= 15 is 0 Å². The van der Waals surface area contributed by atoms with Crippen LogP contribution in [0.3, 0.4) is 0 Å². The summed E-state index contributed by atoms with van der Waals surface area (Å²) in [5.74, 6) is 0.967. The van der Waals surface area contributed by atoms with Crippen molar-refractivity contribution in [1.82, 2.24) is 10.3 Å². The van der Waals surface area contributed by atoms with Crippen LogP contribution in [0, 0.1) is 5.92 Å². The summed E-state index contributed by atoms with van der Waals surface area (Å²) >= 11 is 1.48. The second-order valence-corrected chi connectivity index (χ2v) is 7.34. The van der Waals surface area contributed by atoms with Crippen molar-refractivity contribution in [2.24, 2.45) is 5.92 Å². The Labute approximate surface area is 128 Å². The molecule has 120 valence electrons. The number of hydrogen-bond acceptors (Lipinski definition) is 3. The van der Waals surface area contributed by atoms with E-state index < -0.39 is 12.6 Å². The first-order chi connectivity index (χ1) is 9.85. The lowest BCUT2D eigenvalue weighted by molar-refractivity contribution is -0.134. The number of thiazole rings is 1. The van der Waals surface area contributed by atoms with E-state index in [9.17, 15) is 13.2 Å². The highest BCUT2D eigenvalue weighted by atomic mass is 32.1. The van der Waals surface area contributed by atoms with E-state index in [0.29, 0.717) is 16.8 Å². The van der Waals surface area contributed by atoms with Gasteiger partial charge in [-0.3, -0.25) is 0 Å². The third-order valence-corrected chi connectivity index (χ3v) is 4.87. The van der Waals surface area contributed by atoms with Gasteiger partial charge < -0.3 is 5.32 Å². The summed E-state index contributed by atoms with van der Waals surface area (Å²) in [6, 6.07) is 0. The normalized spacial score (nSPS) is 19.0. The molecule has 1 unspecified atom stereocenters. The largest absolute Gasteiger partial charge is 0.389 e. The van der Waals surface area contributed by atoms with Crippen LogP contribution in [0.25, 0.3) is 0 Å². The number of hydrogen-bond donors (Lipinski definition) is 1. The first kappa shape index (κ1) is 16.7. The molecule has 0 bridgehead atoms. The minimum Gasteiger partial charge on any atom is -0.316 e. The summed E-state index contributed by atoms with van der Waals surface area (Å²) in [5.41, 5.74) is 1.06. The average molecular weight is 320 g/mol. The second-order valence-electron chi connectivity index (χ2n) is 6.17. The maximum atomic E-state index is 12.3. The molecule has 1 atom stereocenters. The van der Waals surface area contributed by atoms with Gasteiger partial charge in [0.05, 0.1) is 10.7 Å². The molecule has 0 aromatic carbocycles. The molecule has 1 aliphatic rings. The van der Waals surface area contributed by atoms with Gasteiger partial charge in [0.15, 0.2) is 0 Å². The Morgan fingerprint density at radius 1 is 1.38 bits per heavy atom. The number of halogens is 3. The number of fused-ring (bicyclic) bond motifs is 1. The lowest BCUT2D eigenvalue weighted by atomic mass is 9.91. The van der Waals surface area contributed by atoms with Gasteiger partial charge >= 0.3 is 6.18 Å². The third-order valence-electron chi connectivity index (χ3n) is 3.68.